The predicted octanol–water partition coefficient (Wildman–Crippen LogP) is 2.51. The van der Waals surface area contributed by atoms with E-state index in [0.717, 1.165) is 25.7 Å². The van der Waals surface area contributed by atoms with Crippen molar-refractivity contribution in [2.45, 2.75) is 46.3 Å². The molecule has 0 aliphatic carbocycles. The first-order chi connectivity index (χ1) is 7.80. The largest absolute Gasteiger partial charge is 0.352 e. The van der Waals surface area contributed by atoms with Crippen LogP contribution in [0.25, 0.3) is 0 Å². The predicted molar refractivity (Wildman–Crippen MR) is 66.5 cm³/mol. The summed E-state index contributed by atoms with van der Waals surface area (Å²) < 4.78 is 11.2. The van der Waals surface area contributed by atoms with E-state index in [1.165, 1.54) is 32.4 Å². The topological polar surface area (TPSA) is 21.7 Å². The van der Waals surface area contributed by atoms with E-state index in [1.807, 2.05) is 13.8 Å². The van der Waals surface area contributed by atoms with Crippen LogP contribution in [0.4, 0.5) is 0 Å². The van der Waals surface area contributed by atoms with Gasteiger partial charge in [-0.3, -0.25) is 4.90 Å². The molecule has 96 valence electrons. The molecule has 1 unspecified atom stereocenters. The van der Waals surface area contributed by atoms with E-state index in [9.17, 15) is 0 Å². The van der Waals surface area contributed by atoms with Crippen LogP contribution in [-0.2, 0) is 9.47 Å². The Morgan fingerprint density at radius 3 is 2.44 bits per heavy atom. The molecule has 1 aliphatic rings. The highest BCUT2D eigenvalue weighted by Gasteiger charge is 2.21. The Bertz CT molecular complexity index is 169. The lowest BCUT2D eigenvalue weighted by Gasteiger charge is -2.34. The quantitative estimate of drug-likeness (QED) is 0.626. The maximum atomic E-state index is 5.59. The summed E-state index contributed by atoms with van der Waals surface area (Å²) in [5, 5.41) is 0. The van der Waals surface area contributed by atoms with Crippen LogP contribution in [0.1, 0.15) is 40.0 Å². The lowest BCUT2D eigenvalue weighted by atomic mass is 9.96. The monoisotopic (exact) mass is 229 g/mol. The number of piperidine rings is 1. The number of rotatable bonds is 7. The molecule has 0 saturated carbocycles. The number of likely N-dealkylation sites (tertiary alicyclic amines) is 1. The third-order valence-electron chi connectivity index (χ3n) is 3.29. The van der Waals surface area contributed by atoms with E-state index in [1.54, 1.807) is 0 Å². The number of hydrogen-bond acceptors (Lipinski definition) is 3. The van der Waals surface area contributed by atoms with E-state index in [0.29, 0.717) is 0 Å². The van der Waals surface area contributed by atoms with Gasteiger partial charge in [0.15, 0.2) is 6.29 Å². The number of nitrogens with zero attached hydrogens (tertiary/aromatic N) is 1. The number of ether oxygens (including phenoxy) is 2. The zero-order chi connectivity index (χ0) is 11.8. The zero-order valence-corrected chi connectivity index (χ0v) is 11.1. The van der Waals surface area contributed by atoms with E-state index in [4.69, 9.17) is 9.47 Å². The van der Waals surface area contributed by atoms with Crippen molar-refractivity contribution in [1.29, 1.82) is 0 Å². The summed E-state index contributed by atoms with van der Waals surface area (Å²) in [7, 11) is 0. The highest BCUT2D eigenvalue weighted by molar-refractivity contribution is 4.72. The molecule has 0 spiro atoms. The van der Waals surface area contributed by atoms with Crippen LogP contribution in [0.2, 0.25) is 0 Å². The normalized spacial score (nSPS) is 22.9. The van der Waals surface area contributed by atoms with Crippen LogP contribution >= 0.6 is 0 Å². The minimum atomic E-state index is -0.0365. The fourth-order valence-electron chi connectivity index (χ4n) is 2.39. The highest BCUT2D eigenvalue weighted by Crippen LogP contribution is 2.19. The molecule has 3 heteroatoms. The van der Waals surface area contributed by atoms with Gasteiger partial charge in [-0.15, -0.1) is 0 Å². The van der Waals surface area contributed by atoms with Crippen molar-refractivity contribution >= 4 is 0 Å². The van der Waals surface area contributed by atoms with Crippen LogP contribution in [0.3, 0.4) is 0 Å². The average molecular weight is 229 g/mol. The maximum absolute atomic E-state index is 5.59. The third-order valence-corrected chi connectivity index (χ3v) is 3.29. The van der Waals surface area contributed by atoms with Gasteiger partial charge >= 0.3 is 0 Å². The molecule has 16 heavy (non-hydrogen) atoms. The van der Waals surface area contributed by atoms with Crippen molar-refractivity contribution in [3.63, 3.8) is 0 Å². The molecule has 3 nitrogen and oxygen atoms in total. The van der Waals surface area contributed by atoms with Gasteiger partial charge in [-0.1, -0.05) is 13.3 Å². The Balaban J connectivity index is 2.31. The van der Waals surface area contributed by atoms with Crippen molar-refractivity contribution < 1.29 is 9.47 Å². The smallest absolute Gasteiger partial charge is 0.170 e. The lowest BCUT2D eigenvalue weighted by molar-refractivity contribution is -0.149. The van der Waals surface area contributed by atoms with Gasteiger partial charge in [-0.2, -0.15) is 0 Å². The van der Waals surface area contributed by atoms with Gasteiger partial charge < -0.3 is 9.47 Å². The van der Waals surface area contributed by atoms with Gasteiger partial charge in [0, 0.05) is 26.3 Å². The molecular weight excluding hydrogens is 202 g/mol. The van der Waals surface area contributed by atoms with Crippen molar-refractivity contribution in [3.8, 4) is 0 Å². The first-order valence-electron chi connectivity index (χ1n) is 6.75. The minimum Gasteiger partial charge on any atom is -0.352 e. The van der Waals surface area contributed by atoms with Crippen LogP contribution < -0.4 is 0 Å². The molecule has 1 saturated heterocycles. The standard InChI is InChI=1S/C13H27NO2/c1-4-12-8-7-9-14(10-12)11-13(15-5-2)16-6-3/h12-13H,4-11H2,1-3H3. The molecule has 0 N–H and O–H groups in total. The van der Waals surface area contributed by atoms with Crippen LogP contribution in [0.15, 0.2) is 0 Å². The molecule has 1 fully saturated rings. The van der Waals surface area contributed by atoms with Gasteiger partial charge in [0.2, 0.25) is 0 Å². The van der Waals surface area contributed by atoms with Crippen LogP contribution in [-0.4, -0.2) is 44.0 Å². The Kier molecular flexibility index (Phi) is 7.01. The summed E-state index contributed by atoms with van der Waals surface area (Å²) in [5.74, 6) is 0.873. The SMILES string of the molecule is CCOC(CN1CCCC(CC)C1)OCC. The third kappa shape index (κ3) is 4.81. The molecule has 0 amide bonds. The van der Waals surface area contributed by atoms with Crippen molar-refractivity contribution in [2.75, 3.05) is 32.8 Å². The average Bonchev–Trinajstić information content (AvgIpc) is 2.30. The molecule has 1 aliphatic heterocycles. The highest BCUT2D eigenvalue weighted by atomic mass is 16.7. The first kappa shape index (κ1) is 13.9. The first-order valence-corrected chi connectivity index (χ1v) is 6.75. The zero-order valence-electron chi connectivity index (χ0n) is 11.1. The summed E-state index contributed by atoms with van der Waals surface area (Å²) in [4.78, 5) is 2.49. The Morgan fingerprint density at radius 1 is 1.19 bits per heavy atom. The molecule has 0 bridgehead atoms. The van der Waals surface area contributed by atoms with E-state index >= 15 is 0 Å². The molecule has 0 radical (unpaired) electrons. The fourth-order valence-corrected chi connectivity index (χ4v) is 2.39. The van der Waals surface area contributed by atoms with Crippen LogP contribution in [0, 0.1) is 5.92 Å². The Hall–Kier alpha value is -0.120. The Labute approximate surface area is 100 Å². The van der Waals surface area contributed by atoms with Crippen LogP contribution in [0.5, 0.6) is 0 Å². The second-order valence-corrected chi connectivity index (χ2v) is 4.52. The summed E-state index contributed by atoms with van der Waals surface area (Å²) in [5.41, 5.74) is 0. The second kappa shape index (κ2) is 8.04. The molecule has 1 rings (SSSR count). The van der Waals surface area contributed by atoms with Gasteiger partial charge in [0.05, 0.1) is 0 Å². The van der Waals surface area contributed by atoms with Gasteiger partial charge in [-0.05, 0) is 39.2 Å². The minimum absolute atomic E-state index is 0.0365. The summed E-state index contributed by atoms with van der Waals surface area (Å²) >= 11 is 0. The maximum Gasteiger partial charge on any atom is 0.170 e. The second-order valence-electron chi connectivity index (χ2n) is 4.52. The van der Waals surface area contributed by atoms with E-state index < -0.39 is 0 Å². The van der Waals surface area contributed by atoms with E-state index in [-0.39, 0.29) is 6.29 Å². The van der Waals surface area contributed by atoms with E-state index in [2.05, 4.69) is 11.8 Å². The molecular formula is C13H27NO2. The lowest BCUT2D eigenvalue weighted by Crippen LogP contribution is -2.41. The molecule has 0 aromatic carbocycles. The van der Waals surface area contributed by atoms with Crippen molar-refractivity contribution in [3.05, 3.63) is 0 Å². The number of hydrogen-bond donors (Lipinski definition) is 0. The molecule has 0 aromatic heterocycles. The van der Waals surface area contributed by atoms with Gasteiger partial charge in [0.1, 0.15) is 0 Å². The molecule has 1 heterocycles. The Morgan fingerprint density at radius 2 is 1.88 bits per heavy atom. The fraction of sp³-hybridized carbons (Fsp3) is 1.00. The molecule has 0 aromatic rings. The summed E-state index contributed by atoms with van der Waals surface area (Å²) in [6.45, 7) is 11.1. The van der Waals surface area contributed by atoms with Crippen molar-refractivity contribution in [2.24, 2.45) is 5.92 Å². The summed E-state index contributed by atoms with van der Waals surface area (Å²) in [6, 6.07) is 0. The molecule has 1 atom stereocenters. The van der Waals surface area contributed by atoms with Crippen molar-refractivity contribution in [1.82, 2.24) is 4.90 Å². The van der Waals surface area contributed by atoms with Gasteiger partial charge in [0.25, 0.3) is 0 Å². The van der Waals surface area contributed by atoms with Gasteiger partial charge in [-0.25, -0.2) is 0 Å². The summed E-state index contributed by atoms with van der Waals surface area (Å²) in [6.07, 6.45) is 3.97.